The molecule has 8 nitrogen and oxygen atoms in total. The van der Waals surface area contributed by atoms with E-state index in [9.17, 15) is 13.2 Å². The fourth-order valence-electron chi connectivity index (χ4n) is 3.79. The molecule has 174 valence electrons. The maximum atomic E-state index is 12.9. The molecular weight excluding hydrogens is 462 g/mol. The van der Waals surface area contributed by atoms with E-state index < -0.39 is 15.9 Å². The fourth-order valence-corrected chi connectivity index (χ4v) is 6.05. The summed E-state index contributed by atoms with van der Waals surface area (Å²) < 4.78 is 38.0. The van der Waals surface area contributed by atoms with E-state index in [0.717, 1.165) is 5.56 Å². The number of ether oxygens (including phenoxy) is 2. The number of hydrogen-bond donors (Lipinski definition) is 1. The Balaban J connectivity index is 1.47. The van der Waals surface area contributed by atoms with Gasteiger partial charge in [-0.15, -0.1) is 11.3 Å². The Labute approximate surface area is 197 Å². The van der Waals surface area contributed by atoms with Crippen molar-refractivity contribution in [2.45, 2.75) is 17.7 Å². The van der Waals surface area contributed by atoms with Crippen molar-refractivity contribution in [3.8, 4) is 22.8 Å². The van der Waals surface area contributed by atoms with Crippen LogP contribution in [0.5, 0.6) is 11.5 Å². The number of aromatic nitrogens is 1. The Bertz CT molecular complexity index is 1230. The number of amides is 1. The van der Waals surface area contributed by atoms with Crippen molar-refractivity contribution < 1.29 is 22.7 Å². The molecule has 1 atom stereocenters. The average Bonchev–Trinajstić information content (AvgIpc) is 3.32. The zero-order chi connectivity index (χ0) is 23.4. The van der Waals surface area contributed by atoms with E-state index in [1.807, 2.05) is 11.4 Å². The zero-order valence-electron chi connectivity index (χ0n) is 18.4. The van der Waals surface area contributed by atoms with Crippen LogP contribution in [0.15, 0.2) is 58.8 Å². The number of benzene rings is 2. The first-order valence-corrected chi connectivity index (χ1v) is 12.8. The van der Waals surface area contributed by atoms with E-state index in [1.165, 1.54) is 15.6 Å². The maximum Gasteiger partial charge on any atom is 0.243 e. The number of carbonyl (C=O) groups is 1. The second-order valence-corrected chi connectivity index (χ2v) is 10.4. The lowest BCUT2D eigenvalue weighted by Crippen LogP contribution is -2.43. The Morgan fingerprint density at radius 1 is 1.15 bits per heavy atom. The summed E-state index contributed by atoms with van der Waals surface area (Å²) in [6.45, 7) is 0.545. The predicted octanol–water partition coefficient (Wildman–Crippen LogP) is 3.87. The molecule has 4 rings (SSSR count). The molecule has 0 bridgehead atoms. The second-order valence-electron chi connectivity index (χ2n) is 7.61. The number of piperidine rings is 1. The summed E-state index contributed by atoms with van der Waals surface area (Å²) in [6, 6.07) is 13.7. The minimum absolute atomic E-state index is 0.144. The fraction of sp³-hybridized carbons (Fsp3) is 0.304. The SMILES string of the molecule is COc1ccc(OC)c(-c2csc(NC(=O)C3CCCN(S(=O)(=O)c4ccccc4)C3)n2)c1. The Morgan fingerprint density at radius 2 is 1.94 bits per heavy atom. The van der Waals surface area contributed by atoms with E-state index >= 15 is 0 Å². The van der Waals surface area contributed by atoms with Crippen LogP contribution < -0.4 is 14.8 Å². The minimum Gasteiger partial charge on any atom is -0.497 e. The smallest absolute Gasteiger partial charge is 0.243 e. The topological polar surface area (TPSA) is 97.8 Å². The first-order chi connectivity index (χ1) is 15.9. The van der Waals surface area contributed by atoms with Gasteiger partial charge in [0.05, 0.1) is 30.7 Å². The molecule has 1 aromatic heterocycles. The van der Waals surface area contributed by atoms with E-state index in [-0.39, 0.29) is 17.3 Å². The van der Waals surface area contributed by atoms with Gasteiger partial charge in [0.25, 0.3) is 0 Å². The highest BCUT2D eigenvalue weighted by atomic mass is 32.2. The Hall–Kier alpha value is -2.95. The van der Waals surface area contributed by atoms with Gasteiger partial charge in [0, 0.05) is 24.0 Å². The molecule has 2 heterocycles. The average molecular weight is 488 g/mol. The Morgan fingerprint density at radius 3 is 2.67 bits per heavy atom. The molecule has 33 heavy (non-hydrogen) atoms. The van der Waals surface area contributed by atoms with Gasteiger partial charge in [-0.3, -0.25) is 4.79 Å². The van der Waals surface area contributed by atoms with Crippen LogP contribution in [0.4, 0.5) is 5.13 Å². The van der Waals surface area contributed by atoms with Crippen molar-refractivity contribution in [3.63, 3.8) is 0 Å². The highest BCUT2D eigenvalue weighted by Crippen LogP contribution is 2.35. The predicted molar refractivity (Wildman–Crippen MR) is 127 cm³/mol. The molecule has 0 saturated carbocycles. The van der Waals surface area contributed by atoms with E-state index in [4.69, 9.17) is 9.47 Å². The largest absolute Gasteiger partial charge is 0.497 e. The van der Waals surface area contributed by atoms with E-state index in [0.29, 0.717) is 41.7 Å². The van der Waals surface area contributed by atoms with Gasteiger partial charge >= 0.3 is 0 Å². The second kappa shape index (κ2) is 9.90. The molecule has 1 unspecified atom stereocenters. The van der Waals surface area contributed by atoms with Crippen LogP contribution >= 0.6 is 11.3 Å². The van der Waals surface area contributed by atoms with Gasteiger partial charge in [0.15, 0.2) is 5.13 Å². The molecule has 1 aliphatic heterocycles. The number of thiazole rings is 1. The van der Waals surface area contributed by atoms with Crippen LogP contribution in [0.3, 0.4) is 0 Å². The number of sulfonamides is 1. The molecule has 1 amide bonds. The molecule has 10 heteroatoms. The van der Waals surface area contributed by atoms with Crippen molar-refractivity contribution in [2.24, 2.45) is 5.92 Å². The summed E-state index contributed by atoms with van der Waals surface area (Å²) in [7, 11) is -0.464. The third-order valence-electron chi connectivity index (χ3n) is 5.55. The third kappa shape index (κ3) is 5.02. The molecule has 1 N–H and O–H groups in total. The molecule has 1 fully saturated rings. The molecule has 0 radical (unpaired) electrons. The summed E-state index contributed by atoms with van der Waals surface area (Å²) in [5.74, 6) is 0.636. The van der Waals surface area contributed by atoms with Crippen LogP contribution in [-0.4, -0.2) is 50.9 Å². The van der Waals surface area contributed by atoms with Crippen molar-refractivity contribution in [1.29, 1.82) is 0 Å². The lowest BCUT2D eigenvalue weighted by Gasteiger charge is -2.31. The lowest BCUT2D eigenvalue weighted by atomic mass is 9.99. The summed E-state index contributed by atoms with van der Waals surface area (Å²) in [5.41, 5.74) is 1.41. The minimum atomic E-state index is -3.63. The molecule has 0 spiro atoms. The van der Waals surface area contributed by atoms with E-state index in [2.05, 4.69) is 10.3 Å². The summed E-state index contributed by atoms with van der Waals surface area (Å²) >= 11 is 1.30. The van der Waals surface area contributed by atoms with Gasteiger partial charge in [-0.05, 0) is 43.2 Å². The molecule has 0 aliphatic carbocycles. The number of rotatable bonds is 7. The van der Waals surface area contributed by atoms with Gasteiger partial charge in [-0.1, -0.05) is 18.2 Å². The van der Waals surface area contributed by atoms with Crippen molar-refractivity contribution in [2.75, 3.05) is 32.6 Å². The molecule has 2 aromatic carbocycles. The molecule has 3 aromatic rings. The lowest BCUT2D eigenvalue weighted by molar-refractivity contribution is -0.120. The van der Waals surface area contributed by atoms with Gasteiger partial charge < -0.3 is 14.8 Å². The molecular formula is C23H25N3O5S2. The standard InChI is InChI=1S/C23H25N3O5S2/c1-30-17-10-11-21(31-2)19(13-17)20-15-32-23(24-20)25-22(27)16-7-6-12-26(14-16)33(28,29)18-8-4-3-5-9-18/h3-5,8-11,13,15-16H,6-7,12,14H2,1-2H3,(H,24,25,27). The van der Waals surface area contributed by atoms with Gasteiger partial charge in [0.1, 0.15) is 11.5 Å². The number of methoxy groups -OCH3 is 2. The van der Waals surface area contributed by atoms with Crippen LogP contribution in [0, 0.1) is 5.92 Å². The highest BCUT2D eigenvalue weighted by molar-refractivity contribution is 7.89. The number of nitrogens with zero attached hydrogens (tertiary/aromatic N) is 2. The zero-order valence-corrected chi connectivity index (χ0v) is 20.0. The van der Waals surface area contributed by atoms with Crippen LogP contribution in [-0.2, 0) is 14.8 Å². The third-order valence-corrected chi connectivity index (χ3v) is 8.19. The van der Waals surface area contributed by atoms with Crippen molar-refractivity contribution >= 4 is 32.4 Å². The highest BCUT2D eigenvalue weighted by Gasteiger charge is 2.33. The summed E-state index contributed by atoms with van der Waals surface area (Å²) in [4.78, 5) is 17.7. The number of anilines is 1. The van der Waals surface area contributed by atoms with Crippen LogP contribution in [0.1, 0.15) is 12.8 Å². The maximum absolute atomic E-state index is 12.9. The van der Waals surface area contributed by atoms with Crippen LogP contribution in [0.2, 0.25) is 0 Å². The number of nitrogens with one attached hydrogen (secondary N) is 1. The van der Waals surface area contributed by atoms with Crippen molar-refractivity contribution in [1.82, 2.24) is 9.29 Å². The summed E-state index contributed by atoms with van der Waals surface area (Å²) in [5, 5.41) is 5.13. The first kappa shape index (κ1) is 23.2. The quantitative estimate of drug-likeness (QED) is 0.543. The van der Waals surface area contributed by atoms with Gasteiger partial charge in [0.2, 0.25) is 15.9 Å². The summed E-state index contributed by atoms with van der Waals surface area (Å²) in [6.07, 6.45) is 1.24. The molecule has 1 saturated heterocycles. The first-order valence-electron chi connectivity index (χ1n) is 10.5. The Kier molecular flexibility index (Phi) is 6.96. The number of hydrogen-bond acceptors (Lipinski definition) is 7. The molecule has 1 aliphatic rings. The van der Waals surface area contributed by atoms with Crippen LogP contribution in [0.25, 0.3) is 11.3 Å². The normalized spacial score (nSPS) is 16.8. The van der Waals surface area contributed by atoms with Gasteiger partial charge in [-0.2, -0.15) is 4.31 Å². The van der Waals surface area contributed by atoms with Crippen molar-refractivity contribution in [3.05, 3.63) is 53.9 Å². The monoisotopic (exact) mass is 487 g/mol. The number of carbonyl (C=O) groups excluding carboxylic acids is 1. The van der Waals surface area contributed by atoms with E-state index in [1.54, 1.807) is 56.7 Å². The van der Waals surface area contributed by atoms with Gasteiger partial charge in [-0.25, -0.2) is 13.4 Å².